The van der Waals surface area contributed by atoms with E-state index in [1.807, 2.05) is 60.7 Å². The van der Waals surface area contributed by atoms with E-state index in [1.165, 1.54) is 0 Å². The molecule has 2 nitrogen and oxygen atoms in total. The smallest absolute Gasteiger partial charge is 0.250 e. The summed E-state index contributed by atoms with van der Waals surface area (Å²) in [5.41, 5.74) is 0. The van der Waals surface area contributed by atoms with Crippen LogP contribution in [0, 0.1) is 0 Å². The number of para-hydroxylation sites is 2. The van der Waals surface area contributed by atoms with Crippen molar-refractivity contribution in [3.05, 3.63) is 60.7 Å². The first kappa shape index (κ1) is 15.3. The third-order valence-electron chi connectivity index (χ3n) is 2.81. The molecule has 0 aliphatic carbocycles. The van der Waals surface area contributed by atoms with E-state index in [2.05, 4.69) is 29.3 Å². The minimum Gasteiger partial charge on any atom is -0.454 e. The van der Waals surface area contributed by atoms with Crippen LogP contribution in [0.1, 0.15) is 13.8 Å². The van der Waals surface area contributed by atoms with E-state index in [9.17, 15) is 0 Å². The predicted molar refractivity (Wildman–Crippen MR) is 89.2 cm³/mol. The molecule has 20 heavy (non-hydrogen) atoms. The summed E-state index contributed by atoms with van der Waals surface area (Å²) in [5.74, 6) is 1.62. The molecule has 0 heterocycles. The zero-order valence-electron chi connectivity index (χ0n) is 11.5. The van der Waals surface area contributed by atoms with Crippen LogP contribution in [0.3, 0.4) is 0 Å². The van der Waals surface area contributed by atoms with Gasteiger partial charge in [0.1, 0.15) is 11.5 Å². The molecule has 1 atom stereocenters. The highest BCUT2D eigenvalue weighted by molar-refractivity contribution is 9.37. The van der Waals surface area contributed by atoms with Crippen molar-refractivity contribution >= 4 is 22.8 Å². The molecule has 2 aromatic rings. The highest BCUT2D eigenvalue weighted by atomic mass is 79.9. The Hall–Kier alpha value is -1.05. The van der Waals surface area contributed by atoms with E-state index in [1.54, 1.807) is 0 Å². The summed E-state index contributed by atoms with van der Waals surface area (Å²) in [6.45, 7) is 4.24. The number of ether oxygens (including phenoxy) is 2. The molecule has 4 heteroatoms. The fourth-order valence-electron chi connectivity index (χ4n) is 1.61. The van der Waals surface area contributed by atoms with Crippen molar-refractivity contribution in [1.82, 2.24) is 0 Å². The molecule has 106 valence electrons. The van der Waals surface area contributed by atoms with Crippen molar-refractivity contribution in [3.63, 3.8) is 0 Å². The highest BCUT2D eigenvalue weighted by Gasteiger charge is 2.33. The maximum absolute atomic E-state index is 6.03. The van der Waals surface area contributed by atoms with E-state index in [0.717, 1.165) is 11.5 Å². The minimum absolute atomic E-state index is 0.133. The van der Waals surface area contributed by atoms with Crippen LogP contribution in [-0.2, 0) is 0 Å². The highest BCUT2D eigenvalue weighted by Crippen LogP contribution is 2.42. The van der Waals surface area contributed by atoms with Crippen LogP contribution in [0.4, 0.5) is 0 Å². The Labute approximate surface area is 130 Å². The Balaban J connectivity index is 2.17. The summed E-state index contributed by atoms with van der Waals surface area (Å²) in [6.07, 6.45) is -0.356. The second kappa shape index (κ2) is 7.10. The molecule has 2 rings (SSSR count). The SMILES string of the molecule is CC(C)(PBr)C(Oc1ccccc1)Oc1ccccc1. The van der Waals surface area contributed by atoms with Crippen LogP contribution in [0.15, 0.2) is 60.7 Å². The molecule has 0 N–H and O–H groups in total. The monoisotopic (exact) mass is 352 g/mol. The summed E-state index contributed by atoms with van der Waals surface area (Å²) in [7, 11) is 0.531. The van der Waals surface area contributed by atoms with Crippen LogP contribution >= 0.6 is 22.8 Å². The average molecular weight is 353 g/mol. The first-order valence-electron chi connectivity index (χ1n) is 6.43. The third kappa shape index (κ3) is 4.22. The van der Waals surface area contributed by atoms with Gasteiger partial charge in [0.2, 0.25) is 6.29 Å². The zero-order valence-corrected chi connectivity index (χ0v) is 14.1. The maximum atomic E-state index is 6.03. The van der Waals surface area contributed by atoms with Crippen molar-refractivity contribution in [1.29, 1.82) is 0 Å². The second-order valence-corrected chi connectivity index (χ2v) is 7.68. The molecule has 0 spiro atoms. The van der Waals surface area contributed by atoms with Gasteiger partial charge >= 0.3 is 0 Å². The van der Waals surface area contributed by atoms with Crippen molar-refractivity contribution in [2.45, 2.75) is 25.3 Å². The Bertz CT molecular complexity index is 475. The Morgan fingerprint density at radius 3 is 1.60 bits per heavy atom. The Morgan fingerprint density at radius 1 is 0.850 bits per heavy atom. The van der Waals surface area contributed by atoms with Gasteiger partial charge in [-0.25, -0.2) is 0 Å². The van der Waals surface area contributed by atoms with Gasteiger partial charge in [0.05, 0.1) is 5.16 Å². The van der Waals surface area contributed by atoms with Gasteiger partial charge in [0.15, 0.2) is 0 Å². The average Bonchev–Trinajstić information content (AvgIpc) is 2.49. The van der Waals surface area contributed by atoms with Gasteiger partial charge in [0, 0.05) is 0 Å². The first-order chi connectivity index (χ1) is 9.62. The fourth-order valence-corrected chi connectivity index (χ4v) is 2.38. The van der Waals surface area contributed by atoms with Crippen LogP contribution in [0.25, 0.3) is 0 Å². The third-order valence-corrected chi connectivity index (χ3v) is 6.59. The van der Waals surface area contributed by atoms with Gasteiger partial charge in [-0.1, -0.05) is 51.9 Å². The number of halogens is 1. The molecule has 0 fully saturated rings. The van der Waals surface area contributed by atoms with Crippen LogP contribution in [0.2, 0.25) is 0 Å². The Morgan fingerprint density at radius 2 is 1.25 bits per heavy atom. The van der Waals surface area contributed by atoms with Crippen molar-refractivity contribution < 1.29 is 9.47 Å². The number of hydrogen-bond donors (Lipinski definition) is 0. The van der Waals surface area contributed by atoms with Gasteiger partial charge < -0.3 is 9.47 Å². The van der Waals surface area contributed by atoms with Crippen molar-refractivity contribution in [3.8, 4) is 11.5 Å². The lowest BCUT2D eigenvalue weighted by Crippen LogP contribution is -2.41. The molecule has 0 aliphatic heterocycles. The molecule has 0 bridgehead atoms. The summed E-state index contributed by atoms with van der Waals surface area (Å²) in [4.78, 5) is 0. The van der Waals surface area contributed by atoms with E-state index < -0.39 is 0 Å². The quantitative estimate of drug-likeness (QED) is 0.523. The molecule has 0 amide bonds. The van der Waals surface area contributed by atoms with E-state index in [4.69, 9.17) is 9.47 Å². The van der Waals surface area contributed by atoms with Crippen LogP contribution < -0.4 is 9.47 Å². The van der Waals surface area contributed by atoms with Gasteiger partial charge in [-0.15, -0.1) is 0 Å². The molecule has 0 aromatic heterocycles. The summed E-state index contributed by atoms with van der Waals surface area (Å²) >= 11 is 3.57. The molecule has 0 aliphatic rings. The predicted octanol–water partition coefficient (Wildman–Crippen LogP) is 5.24. The number of benzene rings is 2. The lowest BCUT2D eigenvalue weighted by molar-refractivity contribution is -0.0174. The van der Waals surface area contributed by atoms with Gasteiger partial charge in [0.25, 0.3) is 0 Å². The zero-order chi connectivity index (χ0) is 14.4. The number of rotatable bonds is 6. The summed E-state index contributed by atoms with van der Waals surface area (Å²) in [5, 5.41) is -0.133. The summed E-state index contributed by atoms with van der Waals surface area (Å²) in [6, 6.07) is 19.5. The fraction of sp³-hybridized carbons (Fsp3) is 0.250. The van der Waals surface area contributed by atoms with Crippen LogP contribution in [-0.4, -0.2) is 11.4 Å². The molecule has 2 aromatic carbocycles. The second-order valence-electron chi connectivity index (χ2n) is 5.01. The molecular formula is C16H18BrO2P. The molecule has 0 radical (unpaired) electrons. The molecule has 0 saturated carbocycles. The van der Waals surface area contributed by atoms with E-state index >= 15 is 0 Å². The lowest BCUT2D eigenvalue weighted by Gasteiger charge is -2.32. The van der Waals surface area contributed by atoms with Crippen molar-refractivity contribution in [2.75, 3.05) is 0 Å². The van der Waals surface area contributed by atoms with Gasteiger partial charge in [-0.05, 0) is 45.4 Å². The van der Waals surface area contributed by atoms with Gasteiger partial charge in [-0.2, -0.15) is 0 Å². The van der Waals surface area contributed by atoms with E-state index in [0.29, 0.717) is 7.28 Å². The minimum atomic E-state index is -0.356. The first-order valence-corrected chi connectivity index (χ1v) is 9.69. The topological polar surface area (TPSA) is 18.5 Å². The number of hydrogen-bond acceptors (Lipinski definition) is 2. The summed E-state index contributed by atoms with van der Waals surface area (Å²) < 4.78 is 12.1. The van der Waals surface area contributed by atoms with Crippen molar-refractivity contribution in [2.24, 2.45) is 0 Å². The standard InChI is InChI=1S/C16H18BrO2P/c1-16(2,20-17)15(18-13-9-5-3-6-10-13)19-14-11-7-4-8-12-14/h3-12,15,20H,1-2H3. The largest absolute Gasteiger partial charge is 0.454 e. The van der Waals surface area contributed by atoms with Gasteiger partial charge in [-0.3, -0.25) is 0 Å². The molecule has 0 saturated heterocycles. The van der Waals surface area contributed by atoms with E-state index in [-0.39, 0.29) is 11.4 Å². The lowest BCUT2D eigenvalue weighted by atomic mass is 10.2. The normalized spacial score (nSPS) is 12.0. The maximum Gasteiger partial charge on any atom is 0.250 e. The van der Waals surface area contributed by atoms with Crippen LogP contribution in [0.5, 0.6) is 11.5 Å². The molecular weight excluding hydrogens is 335 g/mol. The Kier molecular flexibility index (Phi) is 5.45. The molecule has 1 unspecified atom stereocenters.